The molecule has 0 aromatic heterocycles. The highest BCUT2D eigenvalue weighted by Crippen LogP contribution is 2.34. The van der Waals surface area contributed by atoms with Crippen molar-refractivity contribution in [3.8, 4) is 11.5 Å². The van der Waals surface area contributed by atoms with Crippen LogP contribution in [-0.2, 0) is 4.79 Å². The van der Waals surface area contributed by atoms with Gasteiger partial charge in [0, 0.05) is 6.07 Å². The van der Waals surface area contributed by atoms with Crippen LogP contribution in [0, 0.1) is 6.92 Å². The molecule has 1 amide bonds. The van der Waals surface area contributed by atoms with Crippen molar-refractivity contribution in [1.82, 2.24) is 0 Å². The van der Waals surface area contributed by atoms with Crippen molar-refractivity contribution in [2.45, 2.75) is 6.92 Å². The topological polar surface area (TPSA) is 47.6 Å². The Kier molecular flexibility index (Phi) is 2.04. The number of ether oxygens (including phenoxy) is 2. The molecule has 4 nitrogen and oxygen atoms in total. The van der Waals surface area contributed by atoms with E-state index in [-0.39, 0.29) is 12.5 Å². The number of anilines is 1. The number of rotatable bonds is 1. The SMILES string of the molecule is COc1cc2c(cc1C)NC(=O)CO2. The van der Waals surface area contributed by atoms with Gasteiger partial charge in [-0.25, -0.2) is 0 Å². The van der Waals surface area contributed by atoms with Crippen LogP contribution >= 0.6 is 0 Å². The summed E-state index contributed by atoms with van der Waals surface area (Å²) in [6, 6.07) is 3.62. The highest BCUT2D eigenvalue weighted by Gasteiger charge is 2.17. The van der Waals surface area contributed by atoms with Gasteiger partial charge >= 0.3 is 0 Å². The number of methoxy groups -OCH3 is 1. The molecule has 0 saturated carbocycles. The van der Waals surface area contributed by atoms with E-state index in [9.17, 15) is 4.79 Å². The van der Waals surface area contributed by atoms with Gasteiger partial charge in [-0.1, -0.05) is 0 Å². The number of aryl methyl sites for hydroxylation is 1. The number of amides is 1. The smallest absolute Gasteiger partial charge is 0.262 e. The van der Waals surface area contributed by atoms with Gasteiger partial charge in [0.05, 0.1) is 12.8 Å². The molecule has 1 aromatic rings. The first-order valence-electron chi connectivity index (χ1n) is 4.32. The summed E-state index contributed by atoms with van der Waals surface area (Å²) < 4.78 is 10.4. The van der Waals surface area contributed by atoms with Gasteiger partial charge in [-0.2, -0.15) is 0 Å². The van der Waals surface area contributed by atoms with Crippen molar-refractivity contribution in [2.75, 3.05) is 19.0 Å². The predicted octanol–water partition coefficient (Wildman–Crippen LogP) is 1.33. The summed E-state index contributed by atoms with van der Waals surface area (Å²) in [5.74, 6) is 1.30. The number of fused-ring (bicyclic) bond motifs is 1. The van der Waals surface area contributed by atoms with E-state index in [0.717, 1.165) is 11.3 Å². The van der Waals surface area contributed by atoms with Crippen molar-refractivity contribution in [1.29, 1.82) is 0 Å². The maximum atomic E-state index is 11.0. The molecule has 0 unspecified atom stereocenters. The minimum atomic E-state index is -0.123. The lowest BCUT2D eigenvalue weighted by Gasteiger charge is -2.19. The van der Waals surface area contributed by atoms with Crippen LogP contribution in [0.15, 0.2) is 12.1 Å². The van der Waals surface area contributed by atoms with Crippen molar-refractivity contribution in [3.63, 3.8) is 0 Å². The normalized spacial score (nSPS) is 14.0. The first-order chi connectivity index (χ1) is 6.70. The Morgan fingerprint density at radius 3 is 3.00 bits per heavy atom. The van der Waals surface area contributed by atoms with Crippen molar-refractivity contribution < 1.29 is 14.3 Å². The summed E-state index contributed by atoms with van der Waals surface area (Å²) in [6.45, 7) is 1.99. The van der Waals surface area contributed by atoms with Crippen LogP contribution in [0.25, 0.3) is 0 Å². The molecule has 14 heavy (non-hydrogen) atoms. The third-order valence-electron chi connectivity index (χ3n) is 2.13. The lowest BCUT2D eigenvalue weighted by Crippen LogP contribution is -2.25. The van der Waals surface area contributed by atoms with Gasteiger partial charge in [-0.05, 0) is 18.6 Å². The Morgan fingerprint density at radius 1 is 1.50 bits per heavy atom. The third kappa shape index (κ3) is 1.39. The Hall–Kier alpha value is -1.71. The van der Waals surface area contributed by atoms with Crippen molar-refractivity contribution in [2.24, 2.45) is 0 Å². The Labute approximate surface area is 81.8 Å². The van der Waals surface area contributed by atoms with E-state index < -0.39 is 0 Å². The first kappa shape index (κ1) is 8.87. The highest BCUT2D eigenvalue weighted by molar-refractivity contribution is 5.95. The number of carbonyl (C=O) groups is 1. The van der Waals surface area contributed by atoms with Crippen molar-refractivity contribution >= 4 is 11.6 Å². The monoisotopic (exact) mass is 193 g/mol. The number of hydrogen-bond donors (Lipinski definition) is 1. The van der Waals surface area contributed by atoms with Crippen LogP contribution in [0.2, 0.25) is 0 Å². The molecule has 0 fully saturated rings. The molecule has 0 atom stereocenters. The van der Waals surface area contributed by atoms with Gasteiger partial charge in [0.25, 0.3) is 5.91 Å². The van der Waals surface area contributed by atoms with Crippen LogP contribution < -0.4 is 14.8 Å². The summed E-state index contributed by atoms with van der Waals surface area (Å²) in [6.07, 6.45) is 0. The molecular weight excluding hydrogens is 182 g/mol. The average molecular weight is 193 g/mol. The molecule has 1 N–H and O–H groups in total. The molecule has 0 aliphatic carbocycles. The second kappa shape index (κ2) is 3.21. The summed E-state index contributed by atoms with van der Waals surface area (Å²) in [5.41, 5.74) is 1.68. The van der Waals surface area contributed by atoms with Crippen LogP contribution in [-0.4, -0.2) is 19.6 Å². The van der Waals surface area contributed by atoms with E-state index in [1.165, 1.54) is 0 Å². The van der Waals surface area contributed by atoms with Gasteiger partial charge in [0.1, 0.15) is 11.5 Å². The van der Waals surface area contributed by atoms with Crippen LogP contribution in [0.4, 0.5) is 5.69 Å². The molecule has 2 rings (SSSR count). The van der Waals surface area contributed by atoms with E-state index in [4.69, 9.17) is 9.47 Å². The van der Waals surface area contributed by atoms with E-state index in [2.05, 4.69) is 5.32 Å². The van der Waals surface area contributed by atoms with Gasteiger partial charge < -0.3 is 14.8 Å². The second-order valence-corrected chi connectivity index (χ2v) is 3.15. The first-order valence-corrected chi connectivity index (χ1v) is 4.32. The zero-order chi connectivity index (χ0) is 10.1. The van der Waals surface area contributed by atoms with E-state index >= 15 is 0 Å². The fraction of sp³-hybridized carbons (Fsp3) is 0.300. The van der Waals surface area contributed by atoms with E-state index in [1.807, 2.05) is 13.0 Å². The molecular formula is C10H11NO3. The zero-order valence-electron chi connectivity index (χ0n) is 8.09. The molecule has 0 saturated heterocycles. The number of hydrogen-bond acceptors (Lipinski definition) is 3. The fourth-order valence-corrected chi connectivity index (χ4v) is 1.44. The standard InChI is InChI=1S/C10H11NO3/c1-6-3-7-9(4-8(6)13-2)14-5-10(12)11-7/h3-4H,5H2,1-2H3,(H,11,12). The minimum Gasteiger partial charge on any atom is -0.496 e. The van der Waals surface area contributed by atoms with Crippen molar-refractivity contribution in [3.05, 3.63) is 17.7 Å². The Balaban J connectivity index is 2.45. The molecule has 0 radical (unpaired) electrons. The molecule has 0 spiro atoms. The summed E-state index contributed by atoms with van der Waals surface area (Å²) >= 11 is 0. The van der Waals surface area contributed by atoms with Gasteiger partial charge in [-0.3, -0.25) is 4.79 Å². The number of carbonyl (C=O) groups excluding carboxylic acids is 1. The largest absolute Gasteiger partial charge is 0.496 e. The Bertz CT molecular complexity index is 387. The quantitative estimate of drug-likeness (QED) is 0.732. The number of nitrogens with one attached hydrogen (secondary N) is 1. The predicted molar refractivity (Wildman–Crippen MR) is 51.9 cm³/mol. The molecule has 1 heterocycles. The van der Waals surface area contributed by atoms with Gasteiger partial charge in [0.15, 0.2) is 6.61 Å². The molecule has 0 bridgehead atoms. The van der Waals surface area contributed by atoms with Crippen LogP contribution in [0.5, 0.6) is 11.5 Å². The third-order valence-corrected chi connectivity index (χ3v) is 2.13. The summed E-state index contributed by atoms with van der Waals surface area (Å²) in [4.78, 5) is 11.0. The molecule has 74 valence electrons. The Morgan fingerprint density at radius 2 is 2.29 bits per heavy atom. The van der Waals surface area contributed by atoms with E-state index in [1.54, 1.807) is 13.2 Å². The van der Waals surface area contributed by atoms with Crippen LogP contribution in [0.1, 0.15) is 5.56 Å². The maximum absolute atomic E-state index is 11.0. The average Bonchev–Trinajstić information content (AvgIpc) is 2.16. The maximum Gasteiger partial charge on any atom is 0.262 e. The van der Waals surface area contributed by atoms with Crippen LogP contribution in [0.3, 0.4) is 0 Å². The minimum absolute atomic E-state index is 0.0687. The molecule has 4 heteroatoms. The molecule has 1 aliphatic rings. The van der Waals surface area contributed by atoms with E-state index in [0.29, 0.717) is 11.4 Å². The fourth-order valence-electron chi connectivity index (χ4n) is 1.44. The highest BCUT2D eigenvalue weighted by atomic mass is 16.5. The van der Waals surface area contributed by atoms with Gasteiger partial charge in [-0.15, -0.1) is 0 Å². The molecule has 1 aliphatic heterocycles. The lowest BCUT2D eigenvalue weighted by atomic mass is 10.1. The number of benzene rings is 1. The summed E-state index contributed by atoms with van der Waals surface area (Å²) in [5, 5.41) is 2.73. The second-order valence-electron chi connectivity index (χ2n) is 3.15. The zero-order valence-corrected chi connectivity index (χ0v) is 8.09. The lowest BCUT2D eigenvalue weighted by molar-refractivity contribution is -0.118. The van der Waals surface area contributed by atoms with Gasteiger partial charge in [0.2, 0.25) is 0 Å². The summed E-state index contributed by atoms with van der Waals surface area (Å²) in [7, 11) is 1.61. The molecule has 1 aromatic carbocycles.